The Morgan fingerprint density at radius 1 is 1.08 bits per heavy atom. The van der Waals surface area contributed by atoms with Gasteiger partial charge in [0.1, 0.15) is 19.5 Å². The van der Waals surface area contributed by atoms with E-state index in [0.717, 1.165) is 62.2 Å². The monoisotopic (exact) mass is 355 g/mol. The lowest BCUT2D eigenvalue weighted by molar-refractivity contribution is 0.121. The summed E-state index contributed by atoms with van der Waals surface area (Å²) in [7, 11) is 0. The SMILES string of the molecule is Cc1cc(CC2COCCN(Cc3ccc4c(c3)OCCO4)C2)ncn1. The van der Waals surface area contributed by atoms with Crippen LogP contribution >= 0.6 is 0 Å². The van der Waals surface area contributed by atoms with Gasteiger partial charge in [-0.1, -0.05) is 6.07 Å². The maximum atomic E-state index is 5.84. The molecule has 0 N–H and O–H groups in total. The van der Waals surface area contributed by atoms with Crippen LogP contribution < -0.4 is 9.47 Å². The Balaban J connectivity index is 1.41. The molecule has 4 rings (SSSR count). The van der Waals surface area contributed by atoms with Crippen LogP contribution in [-0.4, -0.2) is 54.4 Å². The van der Waals surface area contributed by atoms with Crippen LogP contribution in [0.2, 0.25) is 0 Å². The summed E-state index contributed by atoms with van der Waals surface area (Å²) in [5.74, 6) is 2.13. The Morgan fingerprint density at radius 2 is 1.96 bits per heavy atom. The van der Waals surface area contributed by atoms with Crippen molar-refractivity contribution in [2.75, 3.05) is 39.5 Å². The molecule has 6 heteroatoms. The number of nitrogens with zero attached hydrogens (tertiary/aromatic N) is 3. The van der Waals surface area contributed by atoms with Crippen LogP contribution in [0.25, 0.3) is 0 Å². The van der Waals surface area contributed by atoms with E-state index >= 15 is 0 Å². The summed E-state index contributed by atoms with van der Waals surface area (Å²) < 4.78 is 17.2. The second kappa shape index (κ2) is 8.01. The minimum atomic E-state index is 0.434. The van der Waals surface area contributed by atoms with Gasteiger partial charge in [-0.25, -0.2) is 9.97 Å². The molecule has 0 aliphatic carbocycles. The van der Waals surface area contributed by atoms with E-state index in [9.17, 15) is 0 Å². The average Bonchev–Trinajstić information content (AvgIpc) is 2.86. The minimum absolute atomic E-state index is 0.434. The Kier molecular flexibility index (Phi) is 5.32. The van der Waals surface area contributed by atoms with E-state index in [1.165, 1.54) is 5.56 Å². The fraction of sp³-hybridized carbons (Fsp3) is 0.500. The van der Waals surface area contributed by atoms with Crippen molar-refractivity contribution in [1.82, 2.24) is 14.9 Å². The van der Waals surface area contributed by atoms with Gasteiger partial charge in [0.2, 0.25) is 0 Å². The molecule has 1 saturated heterocycles. The van der Waals surface area contributed by atoms with E-state index in [0.29, 0.717) is 19.1 Å². The lowest BCUT2D eigenvalue weighted by Gasteiger charge is -2.24. The highest BCUT2D eigenvalue weighted by molar-refractivity contribution is 5.43. The van der Waals surface area contributed by atoms with Crippen molar-refractivity contribution >= 4 is 0 Å². The van der Waals surface area contributed by atoms with Gasteiger partial charge in [-0.15, -0.1) is 0 Å². The first-order valence-electron chi connectivity index (χ1n) is 9.22. The van der Waals surface area contributed by atoms with Crippen LogP contribution in [0.4, 0.5) is 0 Å². The van der Waals surface area contributed by atoms with Gasteiger partial charge in [0.15, 0.2) is 11.5 Å². The van der Waals surface area contributed by atoms with Crippen LogP contribution in [0.5, 0.6) is 11.5 Å². The number of fused-ring (bicyclic) bond motifs is 1. The fourth-order valence-corrected chi connectivity index (χ4v) is 3.58. The van der Waals surface area contributed by atoms with Crippen molar-refractivity contribution in [2.45, 2.75) is 19.9 Å². The molecule has 138 valence electrons. The van der Waals surface area contributed by atoms with Gasteiger partial charge < -0.3 is 14.2 Å². The van der Waals surface area contributed by atoms with Gasteiger partial charge >= 0.3 is 0 Å². The number of ether oxygens (including phenoxy) is 3. The molecule has 1 atom stereocenters. The molecule has 2 aliphatic rings. The van der Waals surface area contributed by atoms with E-state index in [1.807, 2.05) is 13.0 Å². The zero-order valence-electron chi connectivity index (χ0n) is 15.2. The summed E-state index contributed by atoms with van der Waals surface area (Å²) in [5, 5.41) is 0. The standard InChI is InChI=1S/C20H25N3O3/c1-15-8-18(22-14-21-15)9-17-12-23(4-5-24-13-17)11-16-2-3-19-20(10-16)26-7-6-25-19/h2-3,8,10,14,17H,4-7,9,11-13H2,1H3. The van der Waals surface area contributed by atoms with E-state index < -0.39 is 0 Å². The van der Waals surface area contributed by atoms with Crippen molar-refractivity contribution in [2.24, 2.45) is 5.92 Å². The molecule has 0 spiro atoms. The lowest BCUT2D eigenvalue weighted by atomic mass is 10.0. The summed E-state index contributed by atoms with van der Waals surface area (Å²) in [5.41, 5.74) is 3.35. The summed E-state index contributed by atoms with van der Waals surface area (Å²) in [6.07, 6.45) is 2.57. The van der Waals surface area contributed by atoms with Gasteiger partial charge in [0.25, 0.3) is 0 Å². The summed E-state index contributed by atoms with van der Waals surface area (Å²) in [6, 6.07) is 8.31. The molecule has 2 aliphatic heterocycles. The van der Waals surface area contributed by atoms with Crippen LogP contribution in [0, 0.1) is 12.8 Å². The second-order valence-corrected chi connectivity index (χ2v) is 7.01. The minimum Gasteiger partial charge on any atom is -0.486 e. The molecule has 0 amide bonds. The molecule has 1 fully saturated rings. The van der Waals surface area contributed by atoms with Crippen LogP contribution in [0.3, 0.4) is 0 Å². The van der Waals surface area contributed by atoms with Crippen molar-refractivity contribution in [3.63, 3.8) is 0 Å². The number of benzene rings is 1. The highest BCUT2D eigenvalue weighted by atomic mass is 16.6. The molecule has 2 aromatic rings. The molecule has 0 saturated carbocycles. The number of hydrogen-bond acceptors (Lipinski definition) is 6. The number of aromatic nitrogens is 2. The molecule has 0 bridgehead atoms. The van der Waals surface area contributed by atoms with Gasteiger partial charge in [-0.05, 0) is 37.1 Å². The fourth-order valence-electron chi connectivity index (χ4n) is 3.58. The zero-order chi connectivity index (χ0) is 17.8. The smallest absolute Gasteiger partial charge is 0.161 e. The molecular weight excluding hydrogens is 330 g/mol. The molecule has 26 heavy (non-hydrogen) atoms. The van der Waals surface area contributed by atoms with Crippen molar-refractivity contribution in [3.05, 3.63) is 47.5 Å². The van der Waals surface area contributed by atoms with Crippen LogP contribution in [0.15, 0.2) is 30.6 Å². The Bertz CT molecular complexity index is 753. The van der Waals surface area contributed by atoms with Gasteiger partial charge in [-0.2, -0.15) is 0 Å². The third-order valence-corrected chi connectivity index (χ3v) is 4.79. The predicted octanol–water partition coefficient (Wildman–Crippen LogP) is 2.25. The number of hydrogen-bond donors (Lipinski definition) is 0. The average molecular weight is 355 g/mol. The molecule has 6 nitrogen and oxygen atoms in total. The van der Waals surface area contributed by atoms with Crippen molar-refractivity contribution in [3.8, 4) is 11.5 Å². The predicted molar refractivity (Wildman–Crippen MR) is 97.5 cm³/mol. The lowest BCUT2D eigenvalue weighted by Crippen LogP contribution is -2.30. The first-order chi connectivity index (χ1) is 12.8. The maximum Gasteiger partial charge on any atom is 0.161 e. The Hall–Kier alpha value is -2.18. The molecule has 1 unspecified atom stereocenters. The molecule has 0 radical (unpaired) electrons. The Morgan fingerprint density at radius 3 is 2.85 bits per heavy atom. The van der Waals surface area contributed by atoms with Gasteiger partial charge in [-0.3, -0.25) is 4.90 Å². The normalized spacial score (nSPS) is 20.6. The third-order valence-electron chi connectivity index (χ3n) is 4.79. The topological polar surface area (TPSA) is 56.7 Å². The largest absolute Gasteiger partial charge is 0.486 e. The Labute approximate surface area is 154 Å². The third kappa shape index (κ3) is 4.31. The highest BCUT2D eigenvalue weighted by Gasteiger charge is 2.21. The molecular formula is C20H25N3O3. The van der Waals surface area contributed by atoms with Gasteiger partial charge in [0.05, 0.1) is 13.2 Å². The highest BCUT2D eigenvalue weighted by Crippen LogP contribution is 2.31. The van der Waals surface area contributed by atoms with Crippen molar-refractivity contribution < 1.29 is 14.2 Å². The molecule has 1 aromatic carbocycles. The van der Waals surface area contributed by atoms with E-state index in [2.05, 4.69) is 33.1 Å². The summed E-state index contributed by atoms with van der Waals surface area (Å²) in [4.78, 5) is 11.0. The van der Waals surface area contributed by atoms with Crippen molar-refractivity contribution in [1.29, 1.82) is 0 Å². The number of rotatable bonds is 4. The summed E-state index contributed by atoms with van der Waals surface area (Å²) in [6.45, 7) is 7.62. The maximum absolute atomic E-state index is 5.84. The summed E-state index contributed by atoms with van der Waals surface area (Å²) >= 11 is 0. The second-order valence-electron chi connectivity index (χ2n) is 7.01. The van der Waals surface area contributed by atoms with E-state index in [4.69, 9.17) is 14.2 Å². The molecule has 3 heterocycles. The van der Waals surface area contributed by atoms with E-state index in [1.54, 1.807) is 6.33 Å². The van der Waals surface area contributed by atoms with E-state index in [-0.39, 0.29) is 0 Å². The first-order valence-corrected chi connectivity index (χ1v) is 9.22. The first kappa shape index (κ1) is 17.2. The van der Waals surface area contributed by atoms with Crippen LogP contribution in [0.1, 0.15) is 17.0 Å². The number of aryl methyl sites for hydroxylation is 1. The molecule has 1 aromatic heterocycles. The zero-order valence-corrected chi connectivity index (χ0v) is 15.2. The quantitative estimate of drug-likeness (QED) is 0.838. The van der Waals surface area contributed by atoms with Gasteiger partial charge in [0, 0.05) is 36.9 Å². The van der Waals surface area contributed by atoms with Crippen LogP contribution in [-0.2, 0) is 17.7 Å².